The Morgan fingerprint density at radius 2 is 2.00 bits per heavy atom. The van der Waals surface area contributed by atoms with Crippen LogP contribution >= 0.6 is 0 Å². The zero-order valence-corrected chi connectivity index (χ0v) is 10.9. The fraction of sp³-hybridized carbons (Fsp3) is 0.400. The average Bonchev–Trinajstić information content (AvgIpc) is 2.36. The van der Waals surface area contributed by atoms with Gasteiger partial charge in [-0.1, -0.05) is 24.3 Å². The number of nitrogens with zero attached hydrogens (tertiary/aromatic N) is 2. The molecule has 1 aliphatic heterocycles. The second-order valence-electron chi connectivity index (χ2n) is 4.97. The monoisotopic (exact) mass is 242 g/mol. The largest absolute Gasteiger partial charge is 0.379 e. The lowest BCUT2D eigenvalue weighted by molar-refractivity contribution is -0.0332. The third-order valence-corrected chi connectivity index (χ3v) is 3.73. The minimum atomic E-state index is 0.412. The number of hydrogen-bond donors (Lipinski definition) is 0. The van der Waals surface area contributed by atoms with Gasteiger partial charge in [0.25, 0.3) is 0 Å². The molecular weight excluding hydrogens is 224 g/mol. The Morgan fingerprint density at radius 3 is 2.72 bits per heavy atom. The van der Waals surface area contributed by atoms with Crippen molar-refractivity contribution in [2.75, 3.05) is 20.2 Å². The summed E-state index contributed by atoms with van der Waals surface area (Å²) in [4.78, 5) is 6.90. The number of aryl methyl sites for hydroxylation is 1. The lowest BCUT2D eigenvalue weighted by atomic mass is 10.0. The number of rotatable bonds is 3. The van der Waals surface area contributed by atoms with E-state index in [4.69, 9.17) is 4.74 Å². The minimum absolute atomic E-state index is 0.412. The summed E-state index contributed by atoms with van der Waals surface area (Å²) in [7, 11) is 1.78. The van der Waals surface area contributed by atoms with E-state index in [1.165, 1.54) is 16.3 Å². The number of hydrogen-bond acceptors (Lipinski definition) is 3. The smallest absolute Gasteiger partial charge is 0.0825 e. The molecule has 0 spiro atoms. The van der Waals surface area contributed by atoms with Gasteiger partial charge in [-0.05, 0) is 17.9 Å². The zero-order chi connectivity index (χ0) is 12.5. The number of ether oxygens (including phenoxy) is 1. The first-order chi connectivity index (χ1) is 8.78. The average molecular weight is 242 g/mol. The highest BCUT2D eigenvalue weighted by atomic mass is 16.5. The maximum absolute atomic E-state index is 5.30. The lowest BCUT2D eigenvalue weighted by Crippen LogP contribution is -2.50. The van der Waals surface area contributed by atoms with Gasteiger partial charge in [0.1, 0.15) is 0 Å². The summed E-state index contributed by atoms with van der Waals surface area (Å²) in [5, 5.41) is 2.59. The molecule has 1 aromatic carbocycles. The fourth-order valence-electron chi connectivity index (χ4n) is 2.56. The highest BCUT2D eigenvalue weighted by Crippen LogP contribution is 2.23. The Hall–Kier alpha value is -1.45. The standard InChI is InChI=1S/C15H18N2O/c1-11-14-5-3-4-6-15(14)12(7-16-11)8-17-9-13(10-17)18-2/h3-7,13H,8-10H2,1-2H3. The van der Waals surface area contributed by atoms with Crippen molar-refractivity contribution >= 4 is 10.8 Å². The van der Waals surface area contributed by atoms with E-state index in [0.29, 0.717) is 6.10 Å². The third-order valence-electron chi connectivity index (χ3n) is 3.73. The van der Waals surface area contributed by atoms with Crippen LogP contribution in [0.3, 0.4) is 0 Å². The Morgan fingerprint density at radius 1 is 1.28 bits per heavy atom. The van der Waals surface area contributed by atoms with Crippen LogP contribution in [0.4, 0.5) is 0 Å². The molecule has 0 radical (unpaired) electrons. The molecule has 1 aliphatic rings. The van der Waals surface area contributed by atoms with Crippen molar-refractivity contribution in [1.29, 1.82) is 0 Å². The molecule has 94 valence electrons. The van der Waals surface area contributed by atoms with E-state index in [1.807, 2.05) is 6.20 Å². The molecule has 0 saturated carbocycles. The van der Waals surface area contributed by atoms with E-state index in [0.717, 1.165) is 25.3 Å². The predicted molar refractivity (Wildman–Crippen MR) is 72.6 cm³/mol. The van der Waals surface area contributed by atoms with Crippen molar-refractivity contribution in [2.24, 2.45) is 0 Å². The van der Waals surface area contributed by atoms with Crippen LogP contribution in [0.2, 0.25) is 0 Å². The summed E-state index contributed by atoms with van der Waals surface area (Å²) in [5.41, 5.74) is 2.42. The first-order valence-electron chi connectivity index (χ1n) is 6.36. The summed E-state index contributed by atoms with van der Waals surface area (Å²) < 4.78 is 5.30. The number of methoxy groups -OCH3 is 1. The molecule has 1 saturated heterocycles. The van der Waals surface area contributed by atoms with Gasteiger partial charge < -0.3 is 4.74 Å². The van der Waals surface area contributed by atoms with Gasteiger partial charge in [-0.15, -0.1) is 0 Å². The van der Waals surface area contributed by atoms with E-state index in [9.17, 15) is 0 Å². The van der Waals surface area contributed by atoms with Crippen LogP contribution in [0, 0.1) is 6.92 Å². The van der Waals surface area contributed by atoms with Crippen LogP contribution in [0.5, 0.6) is 0 Å². The van der Waals surface area contributed by atoms with Crippen LogP contribution < -0.4 is 0 Å². The quantitative estimate of drug-likeness (QED) is 0.826. The SMILES string of the molecule is COC1CN(Cc2cnc(C)c3ccccc23)C1. The second-order valence-corrected chi connectivity index (χ2v) is 4.97. The van der Waals surface area contributed by atoms with Crippen molar-refractivity contribution in [3.8, 4) is 0 Å². The molecule has 1 fully saturated rings. The number of fused-ring (bicyclic) bond motifs is 1. The van der Waals surface area contributed by atoms with Gasteiger partial charge in [-0.2, -0.15) is 0 Å². The van der Waals surface area contributed by atoms with Gasteiger partial charge >= 0.3 is 0 Å². The predicted octanol–water partition coefficient (Wildman–Crippen LogP) is 2.37. The molecular formula is C15H18N2O. The highest BCUT2D eigenvalue weighted by molar-refractivity contribution is 5.87. The number of aromatic nitrogens is 1. The van der Waals surface area contributed by atoms with Crippen molar-refractivity contribution in [1.82, 2.24) is 9.88 Å². The van der Waals surface area contributed by atoms with Crippen molar-refractivity contribution < 1.29 is 4.74 Å². The van der Waals surface area contributed by atoms with Crippen LogP contribution in [0.1, 0.15) is 11.3 Å². The maximum Gasteiger partial charge on any atom is 0.0825 e. The van der Waals surface area contributed by atoms with Crippen LogP contribution in [-0.2, 0) is 11.3 Å². The normalized spacial score (nSPS) is 17.0. The Bertz CT molecular complexity index is 561. The van der Waals surface area contributed by atoms with Gasteiger partial charge in [0.2, 0.25) is 0 Å². The number of pyridine rings is 1. The molecule has 0 amide bonds. The molecule has 0 bridgehead atoms. The first kappa shape index (κ1) is 11.6. The number of benzene rings is 1. The van der Waals surface area contributed by atoms with Gasteiger partial charge in [0.05, 0.1) is 6.10 Å². The zero-order valence-electron chi connectivity index (χ0n) is 10.9. The maximum atomic E-state index is 5.30. The molecule has 3 rings (SSSR count). The lowest BCUT2D eigenvalue weighted by Gasteiger charge is -2.38. The van der Waals surface area contributed by atoms with Gasteiger partial charge in [0, 0.05) is 44.0 Å². The molecule has 18 heavy (non-hydrogen) atoms. The summed E-state index contributed by atoms with van der Waals surface area (Å²) in [6.45, 7) is 5.09. The Kier molecular flexibility index (Phi) is 3.02. The van der Waals surface area contributed by atoms with E-state index in [1.54, 1.807) is 7.11 Å². The molecule has 3 nitrogen and oxygen atoms in total. The Labute approximate surface area is 107 Å². The Balaban J connectivity index is 1.87. The number of likely N-dealkylation sites (tertiary alicyclic amines) is 1. The molecule has 3 heteroatoms. The molecule has 0 atom stereocenters. The molecule has 2 aromatic rings. The van der Waals surface area contributed by atoms with Crippen molar-refractivity contribution in [3.05, 3.63) is 41.7 Å². The summed E-state index contributed by atoms with van der Waals surface area (Å²) in [5.74, 6) is 0. The highest BCUT2D eigenvalue weighted by Gasteiger charge is 2.26. The van der Waals surface area contributed by atoms with Crippen LogP contribution in [0.25, 0.3) is 10.8 Å². The van der Waals surface area contributed by atoms with E-state index in [-0.39, 0.29) is 0 Å². The second kappa shape index (κ2) is 4.67. The van der Waals surface area contributed by atoms with E-state index < -0.39 is 0 Å². The fourth-order valence-corrected chi connectivity index (χ4v) is 2.56. The van der Waals surface area contributed by atoms with Gasteiger partial charge in [0.15, 0.2) is 0 Å². The topological polar surface area (TPSA) is 25.4 Å². The van der Waals surface area contributed by atoms with Crippen molar-refractivity contribution in [2.45, 2.75) is 19.6 Å². The summed E-state index contributed by atoms with van der Waals surface area (Å²) >= 11 is 0. The minimum Gasteiger partial charge on any atom is -0.379 e. The third kappa shape index (κ3) is 2.00. The van der Waals surface area contributed by atoms with Gasteiger partial charge in [-0.3, -0.25) is 9.88 Å². The van der Waals surface area contributed by atoms with Crippen LogP contribution in [-0.4, -0.2) is 36.2 Å². The van der Waals surface area contributed by atoms with Crippen LogP contribution in [0.15, 0.2) is 30.5 Å². The van der Waals surface area contributed by atoms with E-state index in [2.05, 4.69) is 41.1 Å². The molecule has 1 aromatic heterocycles. The van der Waals surface area contributed by atoms with Crippen molar-refractivity contribution in [3.63, 3.8) is 0 Å². The molecule has 0 unspecified atom stereocenters. The molecule has 0 N–H and O–H groups in total. The van der Waals surface area contributed by atoms with Gasteiger partial charge in [-0.25, -0.2) is 0 Å². The molecule has 0 aliphatic carbocycles. The van der Waals surface area contributed by atoms with E-state index >= 15 is 0 Å². The summed E-state index contributed by atoms with van der Waals surface area (Å²) in [6, 6.07) is 8.51. The summed E-state index contributed by atoms with van der Waals surface area (Å²) in [6.07, 6.45) is 2.42. The molecule has 2 heterocycles. The first-order valence-corrected chi connectivity index (χ1v) is 6.36.